The second-order valence-electron chi connectivity index (χ2n) is 4.32. The summed E-state index contributed by atoms with van der Waals surface area (Å²) in [4.78, 5) is 4.43. The molecule has 0 spiro atoms. The fourth-order valence-corrected chi connectivity index (χ4v) is 3.37. The van der Waals surface area contributed by atoms with Gasteiger partial charge in [0.25, 0.3) is 0 Å². The Kier molecular flexibility index (Phi) is 3.85. The smallest absolute Gasteiger partial charge is 0.211 e. The van der Waals surface area contributed by atoms with E-state index in [2.05, 4.69) is 20.9 Å². The molecule has 1 aliphatic rings. The van der Waals surface area contributed by atoms with Gasteiger partial charge in [0, 0.05) is 24.7 Å². The molecular formula is C11H15BrN2O2S. The number of hydrogen-bond donors (Lipinski definition) is 0. The van der Waals surface area contributed by atoms with Crippen LogP contribution in [0.3, 0.4) is 0 Å². The lowest BCUT2D eigenvalue weighted by atomic mass is 9.94. The minimum Gasteiger partial charge on any atom is -0.246 e. The van der Waals surface area contributed by atoms with Crippen LogP contribution in [0, 0.1) is 0 Å². The predicted octanol–water partition coefficient (Wildman–Crippen LogP) is 1.98. The molecule has 0 saturated carbocycles. The molecule has 2 heterocycles. The highest BCUT2D eigenvalue weighted by Crippen LogP contribution is 2.28. The Morgan fingerprint density at radius 1 is 1.35 bits per heavy atom. The monoisotopic (exact) mass is 318 g/mol. The van der Waals surface area contributed by atoms with Crippen molar-refractivity contribution in [1.29, 1.82) is 0 Å². The summed E-state index contributed by atoms with van der Waals surface area (Å²) in [5.41, 5.74) is 1.05. The zero-order chi connectivity index (χ0) is 12.5. The molecular weight excluding hydrogens is 304 g/mol. The fraction of sp³-hybridized carbons (Fsp3) is 0.545. The van der Waals surface area contributed by atoms with Crippen molar-refractivity contribution in [3.63, 3.8) is 0 Å². The molecule has 0 unspecified atom stereocenters. The number of hydrogen-bond acceptors (Lipinski definition) is 3. The van der Waals surface area contributed by atoms with Gasteiger partial charge in [-0.3, -0.25) is 0 Å². The first-order valence-corrected chi connectivity index (χ1v) is 8.18. The molecule has 0 atom stereocenters. The average molecular weight is 319 g/mol. The van der Waals surface area contributed by atoms with Gasteiger partial charge in [-0.2, -0.15) is 0 Å². The SMILES string of the molecule is CS(=O)(=O)N1CCC(c2cccc(Br)n2)CC1. The maximum atomic E-state index is 11.4. The van der Waals surface area contributed by atoms with Crippen molar-refractivity contribution < 1.29 is 8.42 Å². The predicted molar refractivity (Wildman–Crippen MR) is 70.3 cm³/mol. The summed E-state index contributed by atoms with van der Waals surface area (Å²) < 4.78 is 25.1. The highest BCUT2D eigenvalue weighted by Gasteiger charge is 2.26. The molecule has 0 aromatic carbocycles. The molecule has 94 valence electrons. The number of rotatable bonds is 2. The summed E-state index contributed by atoms with van der Waals surface area (Å²) in [5.74, 6) is 0.366. The molecule has 1 aliphatic heterocycles. The van der Waals surface area contributed by atoms with Gasteiger partial charge in [0.1, 0.15) is 4.60 Å². The largest absolute Gasteiger partial charge is 0.246 e. The van der Waals surface area contributed by atoms with Crippen molar-refractivity contribution in [3.8, 4) is 0 Å². The molecule has 6 heteroatoms. The van der Waals surface area contributed by atoms with E-state index >= 15 is 0 Å². The number of aromatic nitrogens is 1. The van der Waals surface area contributed by atoms with E-state index in [4.69, 9.17) is 0 Å². The van der Waals surface area contributed by atoms with Crippen LogP contribution in [0.25, 0.3) is 0 Å². The van der Waals surface area contributed by atoms with Crippen LogP contribution in [0.2, 0.25) is 0 Å². The first kappa shape index (κ1) is 13.0. The van der Waals surface area contributed by atoms with Gasteiger partial charge in [0.05, 0.1) is 6.26 Å². The summed E-state index contributed by atoms with van der Waals surface area (Å²) >= 11 is 3.35. The quantitative estimate of drug-likeness (QED) is 0.783. The van der Waals surface area contributed by atoms with E-state index in [9.17, 15) is 8.42 Å². The van der Waals surface area contributed by atoms with Gasteiger partial charge >= 0.3 is 0 Å². The van der Waals surface area contributed by atoms with E-state index in [1.807, 2.05) is 18.2 Å². The number of piperidine rings is 1. The van der Waals surface area contributed by atoms with Crippen molar-refractivity contribution in [3.05, 3.63) is 28.5 Å². The lowest BCUT2D eigenvalue weighted by molar-refractivity contribution is 0.318. The maximum absolute atomic E-state index is 11.4. The van der Waals surface area contributed by atoms with E-state index in [0.29, 0.717) is 19.0 Å². The number of nitrogens with zero attached hydrogens (tertiary/aromatic N) is 2. The highest BCUT2D eigenvalue weighted by atomic mass is 79.9. The van der Waals surface area contributed by atoms with Gasteiger partial charge < -0.3 is 0 Å². The third-order valence-corrected chi connectivity index (χ3v) is 4.82. The summed E-state index contributed by atoms with van der Waals surface area (Å²) in [6.45, 7) is 1.19. The van der Waals surface area contributed by atoms with Gasteiger partial charge in [-0.25, -0.2) is 17.7 Å². The van der Waals surface area contributed by atoms with Crippen LogP contribution < -0.4 is 0 Å². The van der Waals surface area contributed by atoms with Crippen LogP contribution in [0.1, 0.15) is 24.5 Å². The Hall–Kier alpha value is -0.460. The van der Waals surface area contributed by atoms with Crippen LogP contribution >= 0.6 is 15.9 Å². The molecule has 1 fully saturated rings. The Labute approximate surface area is 110 Å². The molecule has 17 heavy (non-hydrogen) atoms. The molecule has 0 radical (unpaired) electrons. The van der Waals surface area contributed by atoms with Crippen LogP contribution in [0.5, 0.6) is 0 Å². The Morgan fingerprint density at radius 3 is 2.53 bits per heavy atom. The highest BCUT2D eigenvalue weighted by molar-refractivity contribution is 9.10. The van der Waals surface area contributed by atoms with Gasteiger partial charge in [-0.05, 0) is 40.9 Å². The number of pyridine rings is 1. The Morgan fingerprint density at radius 2 is 2.00 bits per heavy atom. The second kappa shape index (κ2) is 5.04. The van der Waals surface area contributed by atoms with Crippen molar-refractivity contribution in [2.75, 3.05) is 19.3 Å². The zero-order valence-corrected chi connectivity index (χ0v) is 12.0. The fourth-order valence-electron chi connectivity index (χ4n) is 2.13. The van der Waals surface area contributed by atoms with Crippen LogP contribution in [-0.4, -0.2) is 37.1 Å². The molecule has 0 amide bonds. The normalized spacial score (nSPS) is 19.4. The van der Waals surface area contributed by atoms with Crippen molar-refractivity contribution in [2.45, 2.75) is 18.8 Å². The lowest BCUT2D eigenvalue weighted by Crippen LogP contribution is -2.37. The maximum Gasteiger partial charge on any atom is 0.211 e. The standard InChI is InChI=1S/C11H15BrN2O2S/c1-17(15,16)14-7-5-9(6-8-14)10-3-2-4-11(12)13-10/h2-4,9H,5-8H2,1H3. The Balaban J connectivity index is 2.05. The molecule has 0 bridgehead atoms. The van der Waals surface area contributed by atoms with Gasteiger partial charge in [0.15, 0.2) is 0 Å². The van der Waals surface area contributed by atoms with Crippen molar-refractivity contribution in [2.24, 2.45) is 0 Å². The molecule has 4 nitrogen and oxygen atoms in total. The third-order valence-electron chi connectivity index (χ3n) is 3.08. The van der Waals surface area contributed by atoms with Crippen molar-refractivity contribution in [1.82, 2.24) is 9.29 Å². The zero-order valence-electron chi connectivity index (χ0n) is 9.63. The van der Waals surface area contributed by atoms with Crippen molar-refractivity contribution >= 4 is 26.0 Å². The molecule has 1 saturated heterocycles. The third kappa shape index (κ3) is 3.26. The second-order valence-corrected chi connectivity index (χ2v) is 7.12. The van der Waals surface area contributed by atoms with E-state index in [1.54, 1.807) is 4.31 Å². The van der Waals surface area contributed by atoms with Crippen LogP contribution in [-0.2, 0) is 10.0 Å². The van der Waals surface area contributed by atoms with Crippen LogP contribution in [0.4, 0.5) is 0 Å². The Bertz CT molecular complexity index is 496. The lowest BCUT2D eigenvalue weighted by Gasteiger charge is -2.29. The van der Waals surface area contributed by atoms with E-state index in [-0.39, 0.29) is 0 Å². The van der Waals surface area contributed by atoms with E-state index in [1.165, 1.54) is 6.26 Å². The van der Waals surface area contributed by atoms with Gasteiger partial charge in [-0.15, -0.1) is 0 Å². The molecule has 0 N–H and O–H groups in total. The average Bonchev–Trinajstić information content (AvgIpc) is 2.28. The first-order valence-electron chi connectivity index (χ1n) is 5.54. The molecule has 2 rings (SSSR count). The van der Waals surface area contributed by atoms with E-state index in [0.717, 1.165) is 23.1 Å². The van der Waals surface area contributed by atoms with Gasteiger partial charge in [0.2, 0.25) is 10.0 Å². The summed E-state index contributed by atoms with van der Waals surface area (Å²) in [5, 5.41) is 0. The number of sulfonamides is 1. The number of halogens is 1. The molecule has 1 aromatic heterocycles. The van der Waals surface area contributed by atoms with E-state index < -0.39 is 10.0 Å². The summed E-state index contributed by atoms with van der Waals surface area (Å²) in [7, 11) is -3.04. The molecule has 0 aliphatic carbocycles. The minimum atomic E-state index is -3.04. The van der Waals surface area contributed by atoms with Crippen LogP contribution in [0.15, 0.2) is 22.8 Å². The van der Waals surface area contributed by atoms with Gasteiger partial charge in [-0.1, -0.05) is 6.07 Å². The summed E-state index contributed by atoms with van der Waals surface area (Å²) in [6, 6.07) is 5.87. The molecule has 1 aromatic rings. The summed E-state index contributed by atoms with van der Waals surface area (Å²) in [6.07, 6.45) is 2.96. The topological polar surface area (TPSA) is 50.3 Å². The minimum absolute atomic E-state index is 0.366. The first-order chi connectivity index (χ1) is 7.97.